The molecule has 3 aromatic rings. The van der Waals surface area contributed by atoms with E-state index >= 15 is 0 Å². The Morgan fingerprint density at radius 3 is 2.40 bits per heavy atom. The summed E-state index contributed by atoms with van der Waals surface area (Å²) in [4.78, 5) is 24.2. The van der Waals surface area contributed by atoms with Crippen molar-refractivity contribution in [2.75, 3.05) is 0 Å². The largest absolute Gasteiger partial charge is 0.424 e. The third-order valence-electron chi connectivity index (χ3n) is 4.38. The van der Waals surface area contributed by atoms with Gasteiger partial charge in [-0.2, -0.15) is 4.72 Å². The molecule has 1 N–H and O–H groups in total. The van der Waals surface area contributed by atoms with Crippen LogP contribution in [0.2, 0.25) is 10.0 Å². The highest BCUT2D eigenvalue weighted by molar-refractivity contribution is 7.89. The molecule has 0 aliphatic heterocycles. The van der Waals surface area contributed by atoms with Crippen LogP contribution >= 0.6 is 23.2 Å². The van der Waals surface area contributed by atoms with Crippen LogP contribution in [0.5, 0.6) is 5.75 Å². The van der Waals surface area contributed by atoms with Crippen LogP contribution in [0.15, 0.2) is 50.5 Å². The molecule has 0 fully saturated rings. The van der Waals surface area contributed by atoms with Gasteiger partial charge < -0.3 is 9.15 Å². The van der Waals surface area contributed by atoms with E-state index < -0.39 is 27.7 Å². The van der Waals surface area contributed by atoms with Crippen LogP contribution in [0.1, 0.15) is 18.1 Å². The number of hydrogen-bond donors (Lipinski definition) is 1. The molecule has 0 bridgehead atoms. The number of esters is 1. The smallest absolute Gasteiger partial charge is 0.355 e. The van der Waals surface area contributed by atoms with E-state index in [9.17, 15) is 18.0 Å². The van der Waals surface area contributed by atoms with Crippen molar-refractivity contribution in [1.82, 2.24) is 4.72 Å². The summed E-state index contributed by atoms with van der Waals surface area (Å²) >= 11 is 12.1. The summed E-state index contributed by atoms with van der Waals surface area (Å²) < 4.78 is 37.5. The maximum Gasteiger partial charge on any atom is 0.355 e. The minimum absolute atomic E-state index is 0.0191. The van der Waals surface area contributed by atoms with Gasteiger partial charge in [0.2, 0.25) is 10.0 Å². The van der Waals surface area contributed by atoms with Crippen molar-refractivity contribution in [1.29, 1.82) is 0 Å². The average molecular weight is 470 g/mol. The minimum atomic E-state index is -3.93. The molecule has 0 radical (unpaired) electrons. The number of hydrogen-bond acceptors (Lipinski definition) is 6. The topological polar surface area (TPSA) is 103 Å². The van der Waals surface area contributed by atoms with Crippen molar-refractivity contribution in [3.8, 4) is 5.75 Å². The lowest BCUT2D eigenvalue weighted by atomic mass is 10.1. The minimum Gasteiger partial charge on any atom is -0.424 e. The Kier molecular flexibility index (Phi) is 6.24. The molecule has 3 rings (SSSR count). The number of benzene rings is 2. The van der Waals surface area contributed by atoms with Gasteiger partial charge in [0.15, 0.2) is 5.75 Å². The summed E-state index contributed by atoms with van der Waals surface area (Å²) in [7, 11) is -3.93. The van der Waals surface area contributed by atoms with Gasteiger partial charge in [-0.05, 0) is 44.5 Å². The first-order valence-electron chi connectivity index (χ1n) is 8.73. The fourth-order valence-electron chi connectivity index (χ4n) is 2.67. The fraction of sp³-hybridized carbons (Fsp3) is 0.200. The molecule has 2 aromatic carbocycles. The van der Waals surface area contributed by atoms with Crippen molar-refractivity contribution in [3.63, 3.8) is 0 Å². The van der Waals surface area contributed by atoms with Gasteiger partial charge >= 0.3 is 11.6 Å². The number of ether oxygens (including phenoxy) is 1. The van der Waals surface area contributed by atoms with Gasteiger partial charge in [0.05, 0.1) is 9.92 Å². The molecule has 0 aliphatic carbocycles. The monoisotopic (exact) mass is 469 g/mol. The number of sulfonamides is 1. The lowest BCUT2D eigenvalue weighted by Gasteiger charge is -2.15. The van der Waals surface area contributed by atoms with Crippen molar-refractivity contribution >= 4 is 50.2 Å². The van der Waals surface area contributed by atoms with Gasteiger partial charge in [-0.3, -0.25) is 0 Å². The maximum atomic E-state index is 12.5. The quantitative estimate of drug-likeness (QED) is 0.344. The molecule has 7 nitrogen and oxygen atoms in total. The number of carbonyl (C=O) groups is 1. The first-order chi connectivity index (χ1) is 14.0. The van der Waals surface area contributed by atoms with Crippen molar-refractivity contribution in [2.24, 2.45) is 0 Å². The van der Waals surface area contributed by atoms with E-state index in [0.717, 1.165) is 5.56 Å². The van der Waals surface area contributed by atoms with Gasteiger partial charge in [-0.15, -0.1) is 0 Å². The van der Waals surface area contributed by atoms with Crippen LogP contribution in [0.3, 0.4) is 0 Å². The van der Waals surface area contributed by atoms with Crippen molar-refractivity contribution in [3.05, 3.63) is 68.0 Å². The SMILES string of the molecule is Cc1ccc(S(=O)(=O)N[C@@H](C)C(=O)Oc2cc3oc(=O)c(Cl)c(C)c3cc2Cl)cc1. The Labute approximate surface area is 182 Å². The Morgan fingerprint density at radius 2 is 1.77 bits per heavy atom. The zero-order valence-electron chi connectivity index (χ0n) is 16.2. The van der Waals surface area contributed by atoms with E-state index in [2.05, 4.69) is 4.72 Å². The molecule has 0 saturated carbocycles. The Morgan fingerprint density at radius 1 is 1.13 bits per heavy atom. The van der Waals surface area contributed by atoms with Crippen LogP contribution in [0, 0.1) is 13.8 Å². The number of carbonyl (C=O) groups excluding carboxylic acids is 1. The van der Waals surface area contributed by atoms with Crippen LogP contribution in [-0.4, -0.2) is 20.4 Å². The predicted octanol–water partition coefficient (Wildman–Crippen LogP) is 3.99. The van der Waals surface area contributed by atoms with Crippen molar-refractivity contribution < 1.29 is 22.4 Å². The Balaban J connectivity index is 1.83. The van der Waals surface area contributed by atoms with E-state index in [1.807, 2.05) is 6.92 Å². The molecule has 0 saturated heterocycles. The summed E-state index contributed by atoms with van der Waals surface area (Å²) in [5.41, 5.74) is 0.764. The highest BCUT2D eigenvalue weighted by Crippen LogP contribution is 2.33. The molecule has 158 valence electrons. The molecule has 0 amide bonds. The number of fused-ring (bicyclic) bond motifs is 1. The number of rotatable bonds is 5. The molecule has 0 spiro atoms. The second-order valence-electron chi connectivity index (χ2n) is 6.68. The average Bonchev–Trinajstić information content (AvgIpc) is 2.67. The third kappa shape index (κ3) is 4.52. The van der Waals surface area contributed by atoms with Crippen molar-refractivity contribution in [2.45, 2.75) is 31.7 Å². The maximum absolute atomic E-state index is 12.5. The molecular formula is C20H17Cl2NO6S. The standard InChI is InChI=1S/C20H17Cl2NO6S/c1-10-4-6-13(7-5-10)30(26,27)23-12(3)19(24)29-17-9-16-14(8-15(17)21)11(2)18(22)20(25)28-16/h4-9,12,23H,1-3H3/t12-/m0/s1. The van der Waals surface area contributed by atoms with Gasteiger partial charge in [0, 0.05) is 11.5 Å². The van der Waals surface area contributed by atoms with E-state index in [1.54, 1.807) is 19.1 Å². The zero-order valence-corrected chi connectivity index (χ0v) is 18.5. The van der Waals surface area contributed by atoms with Crippen LogP contribution < -0.4 is 15.1 Å². The van der Waals surface area contributed by atoms with E-state index in [-0.39, 0.29) is 26.3 Å². The predicted molar refractivity (Wildman–Crippen MR) is 114 cm³/mol. The summed E-state index contributed by atoms with van der Waals surface area (Å²) in [6, 6.07) is 7.69. The first kappa shape index (κ1) is 22.3. The zero-order chi connectivity index (χ0) is 22.2. The lowest BCUT2D eigenvalue weighted by Crippen LogP contribution is -2.40. The highest BCUT2D eigenvalue weighted by Gasteiger charge is 2.24. The van der Waals surface area contributed by atoms with Crippen LogP contribution in [0.4, 0.5) is 0 Å². The van der Waals surface area contributed by atoms with E-state index in [4.69, 9.17) is 32.4 Å². The Hall–Kier alpha value is -2.39. The molecular weight excluding hydrogens is 453 g/mol. The number of nitrogens with one attached hydrogen (secondary N) is 1. The molecule has 1 heterocycles. The first-order valence-corrected chi connectivity index (χ1v) is 11.0. The summed E-state index contributed by atoms with van der Waals surface area (Å²) in [5, 5.41) is 0.484. The summed E-state index contributed by atoms with van der Waals surface area (Å²) in [6.45, 7) is 4.80. The van der Waals surface area contributed by atoms with Gasteiger partial charge in [0.1, 0.15) is 16.6 Å². The number of aryl methyl sites for hydroxylation is 2. The molecule has 1 atom stereocenters. The lowest BCUT2D eigenvalue weighted by molar-refractivity contribution is -0.135. The molecule has 0 unspecified atom stereocenters. The molecule has 0 aliphatic rings. The van der Waals surface area contributed by atoms with E-state index in [0.29, 0.717) is 10.9 Å². The normalized spacial score (nSPS) is 12.7. The third-order valence-corrected chi connectivity index (χ3v) is 6.67. The molecule has 10 heteroatoms. The fourth-order valence-corrected chi connectivity index (χ4v) is 4.20. The molecule has 30 heavy (non-hydrogen) atoms. The Bertz CT molecular complexity index is 1300. The summed E-state index contributed by atoms with van der Waals surface area (Å²) in [5.74, 6) is -0.972. The number of halogens is 2. The van der Waals surface area contributed by atoms with Gasteiger partial charge in [0.25, 0.3) is 0 Å². The highest BCUT2D eigenvalue weighted by atomic mass is 35.5. The van der Waals surface area contributed by atoms with Gasteiger partial charge in [-0.1, -0.05) is 40.9 Å². The second kappa shape index (κ2) is 8.39. The molecule has 1 aromatic heterocycles. The summed E-state index contributed by atoms with van der Waals surface area (Å²) in [6.07, 6.45) is 0. The van der Waals surface area contributed by atoms with Crippen LogP contribution in [-0.2, 0) is 14.8 Å². The van der Waals surface area contributed by atoms with Gasteiger partial charge in [-0.25, -0.2) is 18.0 Å². The van der Waals surface area contributed by atoms with E-state index in [1.165, 1.54) is 31.2 Å². The van der Waals surface area contributed by atoms with Crippen LogP contribution in [0.25, 0.3) is 11.0 Å². The second-order valence-corrected chi connectivity index (χ2v) is 9.18.